The zero-order valence-electron chi connectivity index (χ0n) is 16.5. The summed E-state index contributed by atoms with van der Waals surface area (Å²) in [5, 5.41) is 5.53. The minimum atomic E-state index is 0.150. The lowest BCUT2D eigenvalue weighted by Crippen LogP contribution is -2.53. The molecule has 1 aromatic heterocycles. The lowest BCUT2D eigenvalue weighted by molar-refractivity contribution is -0.0345. The Morgan fingerprint density at radius 1 is 1.22 bits per heavy atom. The van der Waals surface area contributed by atoms with Gasteiger partial charge in [0.25, 0.3) is 0 Å². The topological polar surface area (TPSA) is 58.7 Å². The number of fused-ring (bicyclic) bond motifs is 1. The fourth-order valence-electron chi connectivity index (χ4n) is 5.66. The fourth-order valence-corrected chi connectivity index (χ4v) is 5.66. The molecule has 1 spiro atoms. The first-order chi connectivity index (χ1) is 13.1. The highest BCUT2D eigenvalue weighted by atomic mass is 16.5. The molecule has 2 unspecified atom stereocenters. The molecule has 0 radical (unpaired) electrons. The summed E-state index contributed by atoms with van der Waals surface area (Å²) in [6.45, 7) is 5.62. The number of piperidine rings is 1. The van der Waals surface area contributed by atoms with Gasteiger partial charge < -0.3 is 25.3 Å². The van der Waals surface area contributed by atoms with Crippen LogP contribution in [0.15, 0.2) is 12.3 Å². The normalized spacial score (nSPS) is 31.1. The van der Waals surface area contributed by atoms with Crippen molar-refractivity contribution in [2.45, 2.75) is 56.4 Å². The van der Waals surface area contributed by atoms with E-state index in [-0.39, 0.29) is 6.23 Å². The minimum absolute atomic E-state index is 0.150. The number of likely N-dealkylation sites (tertiary alicyclic amines) is 2. The quantitative estimate of drug-likeness (QED) is 0.791. The van der Waals surface area contributed by atoms with Crippen molar-refractivity contribution in [2.75, 3.05) is 39.8 Å². The van der Waals surface area contributed by atoms with Crippen molar-refractivity contribution >= 4 is 11.9 Å². The van der Waals surface area contributed by atoms with E-state index in [1.807, 2.05) is 0 Å². The van der Waals surface area contributed by atoms with Crippen molar-refractivity contribution in [1.29, 1.82) is 0 Å². The van der Waals surface area contributed by atoms with E-state index in [1.54, 1.807) is 0 Å². The van der Waals surface area contributed by atoms with Gasteiger partial charge in [-0.1, -0.05) is 0 Å². The second-order valence-corrected chi connectivity index (χ2v) is 8.89. The molecule has 5 heterocycles. The number of rotatable bonds is 3. The Balaban J connectivity index is 1.28. The van der Waals surface area contributed by atoms with Gasteiger partial charge in [-0.3, -0.25) is 4.90 Å². The number of ether oxygens (including phenoxy) is 1. The van der Waals surface area contributed by atoms with Gasteiger partial charge in [0.2, 0.25) is 0 Å². The van der Waals surface area contributed by atoms with Crippen LogP contribution in [0.1, 0.15) is 44.8 Å². The average molecular weight is 372 g/mol. The maximum atomic E-state index is 6.54. The largest absolute Gasteiger partial charge is 0.385 e. The van der Waals surface area contributed by atoms with Gasteiger partial charge in [-0.25, -0.2) is 0 Å². The average Bonchev–Trinajstić information content (AvgIpc) is 3.38. The highest BCUT2D eigenvalue weighted by Gasteiger charge is 2.44. The molecule has 1 aromatic rings. The number of nitrogens with two attached hydrogens (primary N) is 1. The predicted molar refractivity (Wildman–Crippen MR) is 107 cm³/mol. The van der Waals surface area contributed by atoms with E-state index in [0.29, 0.717) is 11.6 Å². The minimum Gasteiger partial charge on any atom is -0.385 e. The van der Waals surface area contributed by atoms with Crippen LogP contribution in [0.25, 0.3) is 11.9 Å². The standard InChI is InChI=1S/C21H33N5O/c1-24-13-8-21(9-14-24)7-2-11-25(21)15-16-3-4-19(27-16)26-12-6-17-18(26)5-10-23-20(17)22/h5-6,12,16,19,23H,2-4,7-11,13-15,22H2,1H3. The van der Waals surface area contributed by atoms with Crippen LogP contribution in [-0.4, -0.2) is 65.8 Å². The van der Waals surface area contributed by atoms with E-state index in [0.717, 1.165) is 37.0 Å². The molecule has 6 heteroatoms. The zero-order chi connectivity index (χ0) is 18.4. The summed E-state index contributed by atoms with van der Waals surface area (Å²) in [4.78, 5) is 5.26. The van der Waals surface area contributed by atoms with Crippen molar-refractivity contribution in [3.05, 3.63) is 22.8 Å². The number of hydrogen-bond donors (Lipinski definition) is 2. The lowest BCUT2D eigenvalue weighted by atomic mass is 9.85. The summed E-state index contributed by atoms with van der Waals surface area (Å²) in [6, 6.07) is 2.11. The third-order valence-electron chi connectivity index (χ3n) is 7.31. The van der Waals surface area contributed by atoms with Crippen molar-refractivity contribution < 1.29 is 4.74 Å². The molecule has 0 aliphatic carbocycles. The Kier molecular flexibility index (Phi) is 4.45. The molecule has 4 aliphatic heterocycles. The summed E-state index contributed by atoms with van der Waals surface area (Å²) < 4.78 is 8.83. The number of nitrogens with one attached hydrogen (secondary N) is 1. The van der Waals surface area contributed by atoms with E-state index < -0.39 is 0 Å². The van der Waals surface area contributed by atoms with Gasteiger partial charge in [0.1, 0.15) is 12.0 Å². The third kappa shape index (κ3) is 3.08. The maximum Gasteiger partial charge on any atom is 0.134 e. The van der Waals surface area contributed by atoms with Crippen LogP contribution in [-0.2, 0) is 4.74 Å². The van der Waals surface area contributed by atoms with E-state index in [2.05, 4.69) is 45.1 Å². The first kappa shape index (κ1) is 17.6. The molecule has 0 bridgehead atoms. The van der Waals surface area contributed by atoms with Crippen LogP contribution >= 0.6 is 0 Å². The second kappa shape index (κ2) is 6.83. The van der Waals surface area contributed by atoms with Gasteiger partial charge in [-0.05, 0) is 77.3 Å². The first-order valence-electron chi connectivity index (χ1n) is 10.6. The van der Waals surface area contributed by atoms with Crippen LogP contribution in [0.5, 0.6) is 0 Å². The highest BCUT2D eigenvalue weighted by molar-refractivity contribution is 5.45. The molecule has 148 valence electrons. The molecule has 0 saturated carbocycles. The predicted octanol–water partition coefficient (Wildman–Crippen LogP) is 0.134. The molecule has 3 saturated heterocycles. The Bertz CT molecular complexity index is 807. The third-order valence-corrected chi connectivity index (χ3v) is 7.31. The molecular weight excluding hydrogens is 338 g/mol. The van der Waals surface area contributed by atoms with Gasteiger partial charge in [-0.15, -0.1) is 0 Å². The number of hydrogen-bond acceptors (Lipinski definition) is 5. The smallest absolute Gasteiger partial charge is 0.134 e. The Hall–Kier alpha value is -1.50. The molecular formula is C21H33N5O. The molecule has 6 nitrogen and oxygen atoms in total. The lowest BCUT2D eigenvalue weighted by Gasteiger charge is -2.45. The van der Waals surface area contributed by atoms with Gasteiger partial charge in [0, 0.05) is 30.0 Å². The van der Waals surface area contributed by atoms with Crippen LogP contribution in [0, 0.1) is 0 Å². The Morgan fingerprint density at radius 3 is 2.93 bits per heavy atom. The molecule has 3 fully saturated rings. The van der Waals surface area contributed by atoms with Crippen molar-refractivity contribution in [1.82, 2.24) is 19.7 Å². The van der Waals surface area contributed by atoms with E-state index >= 15 is 0 Å². The first-order valence-corrected chi connectivity index (χ1v) is 10.6. The number of nitrogens with zero attached hydrogens (tertiary/aromatic N) is 3. The van der Waals surface area contributed by atoms with E-state index in [4.69, 9.17) is 10.5 Å². The van der Waals surface area contributed by atoms with Gasteiger partial charge in [0.05, 0.1) is 11.5 Å². The second-order valence-electron chi connectivity index (χ2n) is 8.89. The Morgan fingerprint density at radius 2 is 2.07 bits per heavy atom. The summed E-state index contributed by atoms with van der Waals surface area (Å²) >= 11 is 0. The molecule has 2 atom stereocenters. The van der Waals surface area contributed by atoms with Gasteiger partial charge >= 0.3 is 0 Å². The van der Waals surface area contributed by atoms with Crippen molar-refractivity contribution in [3.63, 3.8) is 0 Å². The molecule has 0 aromatic carbocycles. The van der Waals surface area contributed by atoms with Crippen LogP contribution in [0.2, 0.25) is 0 Å². The van der Waals surface area contributed by atoms with Crippen LogP contribution in [0.3, 0.4) is 0 Å². The van der Waals surface area contributed by atoms with E-state index in [9.17, 15) is 0 Å². The molecule has 27 heavy (non-hydrogen) atoms. The summed E-state index contributed by atoms with van der Waals surface area (Å²) in [6.07, 6.45) is 12.5. The SMILES string of the molecule is CN1CCC2(CCCN2CC2CCC(n3ccc4c3=CCNC=4N)O2)CC1. The van der Waals surface area contributed by atoms with E-state index in [1.165, 1.54) is 50.7 Å². The van der Waals surface area contributed by atoms with Gasteiger partial charge in [-0.2, -0.15) is 0 Å². The molecule has 3 N–H and O–H groups in total. The van der Waals surface area contributed by atoms with Crippen LogP contribution in [0.4, 0.5) is 0 Å². The summed E-state index contributed by atoms with van der Waals surface area (Å²) in [5.74, 6) is 0.780. The van der Waals surface area contributed by atoms with Crippen molar-refractivity contribution in [3.8, 4) is 0 Å². The fraction of sp³-hybridized carbons (Fsp3) is 0.714. The van der Waals surface area contributed by atoms with Crippen LogP contribution < -0.4 is 21.6 Å². The monoisotopic (exact) mass is 371 g/mol. The number of aromatic nitrogens is 1. The molecule has 4 aliphatic rings. The summed E-state index contributed by atoms with van der Waals surface area (Å²) in [5.41, 5.74) is 6.55. The van der Waals surface area contributed by atoms with Gasteiger partial charge in [0.15, 0.2) is 0 Å². The zero-order valence-corrected chi connectivity index (χ0v) is 16.5. The molecule has 0 amide bonds. The van der Waals surface area contributed by atoms with Crippen molar-refractivity contribution in [2.24, 2.45) is 5.73 Å². The highest BCUT2D eigenvalue weighted by Crippen LogP contribution is 2.39. The maximum absolute atomic E-state index is 6.54. The Labute approximate surface area is 161 Å². The molecule has 5 rings (SSSR count). The summed E-state index contributed by atoms with van der Waals surface area (Å²) in [7, 11) is 2.26.